The van der Waals surface area contributed by atoms with Crippen LogP contribution in [0.2, 0.25) is 0 Å². The molecule has 0 radical (unpaired) electrons. The number of hydrogen-bond donors (Lipinski definition) is 4. The van der Waals surface area contributed by atoms with Crippen molar-refractivity contribution in [2.75, 3.05) is 0 Å². The van der Waals surface area contributed by atoms with E-state index in [0.29, 0.717) is 12.1 Å². The number of ether oxygens (including phenoxy) is 1. The SMILES string of the molecule is O=P(O)(O)C(Oc1cccc(C(F)(F)F)c1)P(=O)(O)O. The van der Waals surface area contributed by atoms with Crippen molar-refractivity contribution in [3.63, 3.8) is 0 Å². The first kappa shape index (κ1) is 17.2. The van der Waals surface area contributed by atoms with Gasteiger partial charge in [-0.2, -0.15) is 13.2 Å². The number of halogens is 3. The van der Waals surface area contributed by atoms with Crippen LogP contribution in [0.3, 0.4) is 0 Å². The van der Waals surface area contributed by atoms with Gasteiger partial charge in [0, 0.05) is 0 Å². The van der Waals surface area contributed by atoms with E-state index in [2.05, 4.69) is 4.74 Å². The molecule has 20 heavy (non-hydrogen) atoms. The topological polar surface area (TPSA) is 124 Å². The lowest BCUT2D eigenvalue weighted by Crippen LogP contribution is -2.17. The van der Waals surface area contributed by atoms with E-state index in [4.69, 9.17) is 19.6 Å². The summed E-state index contributed by atoms with van der Waals surface area (Å²) >= 11 is 0. The van der Waals surface area contributed by atoms with E-state index in [-0.39, 0.29) is 0 Å². The fourth-order valence-corrected chi connectivity index (χ4v) is 3.29. The van der Waals surface area contributed by atoms with Crippen LogP contribution in [-0.4, -0.2) is 25.2 Å². The third-order valence-corrected chi connectivity index (χ3v) is 5.15. The highest BCUT2D eigenvalue weighted by atomic mass is 31.2. The molecular formula is C8H9F3O7P2. The number of benzene rings is 1. The molecule has 1 rings (SSSR count). The Kier molecular flexibility index (Phi) is 4.70. The molecule has 0 spiro atoms. The molecule has 0 saturated heterocycles. The molecule has 0 unspecified atom stereocenters. The predicted octanol–water partition coefficient (Wildman–Crippen LogP) is 1.72. The highest BCUT2D eigenvalue weighted by Crippen LogP contribution is 2.60. The molecule has 12 heteroatoms. The van der Waals surface area contributed by atoms with Crippen LogP contribution in [0.25, 0.3) is 0 Å². The second-order valence-electron chi connectivity index (χ2n) is 3.65. The van der Waals surface area contributed by atoms with Crippen LogP contribution in [0, 0.1) is 0 Å². The lowest BCUT2D eigenvalue weighted by Gasteiger charge is -2.21. The Bertz CT molecular complexity index is 554. The van der Waals surface area contributed by atoms with Crippen LogP contribution < -0.4 is 4.74 Å². The van der Waals surface area contributed by atoms with E-state index < -0.39 is 38.3 Å². The van der Waals surface area contributed by atoms with Gasteiger partial charge in [-0.3, -0.25) is 9.13 Å². The van der Waals surface area contributed by atoms with Gasteiger partial charge in [-0.25, -0.2) is 0 Å². The molecule has 0 aliphatic rings. The first-order chi connectivity index (χ1) is 8.82. The largest absolute Gasteiger partial charge is 0.465 e. The summed E-state index contributed by atoms with van der Waals surface area (Å²) in [6.07, 6.45) is -4.74. The quantitative estimate of drug-likeness (QED) is 0.617. The molecule has 0 bridgehead atoms. The molecular weight excluding hydrogens is 327 g/mol. The molecule has 0 atom stereocenters. The molecule has 0 aromatic heterocycles. The second kappa shape index (κ2) is 5.48. The van der Waals surface area contributed by atoms with Crippen molar-refractivity contribution in [2.45, 2.75) is 11.8 Å². The summed E-state index contributed by atoms with van der Waals surface area (Å²) in [5.41, 5.74) is -4.05. The summed E-state index contributed by atoms with van der Waals surface area (Å²) in [5.74, 6) is -0.725. The first-order valence-corrected chi connectivity index (χ1v) is 8.12. The summed E-state index contributed by atoms with van der Waals surface area (Å²) in [4.78, 5) is 35.1. The number of alkyl halides is 3. The van der Waals surface area contributed by atoms with E-state index >= 15 is 0 Å². The summed E-state index contributed by atoms with van der Waals surface area (Å²) in [6.45, 7) is 0. The van der Waals surface area contributed by atoms with Crippen LogP contribution >= 0.6 is 15.2 Å². The third kappa shape index (κ3) is 4.59. The molecule has 1 aromatic carbocycles. The average Bonchev–Trinajstić information content (AvgIpc) is 2.22. The molecule has 0 aliphatic heterocycles. The van der Waals surface area contributed by atoms with Crippen molar-refractivity contribution < 1.29 is 46.6 Å². The summed E-state index contributed by atoms with van der Waals surface area (Å²) < 4.78 is 63.4. The fraction of sp³-hybridized carbons (Fsp3) is 0.250. The Morgan fingerprint density at radius 3 is 1.95 bits per heavy atom. The van der Waals surface area contributed by atoms with Gasteiger partial charge >= 0.3 is 21.4 Å². The zero-order valence-electron chi connectivity index (χ0n) is 9.43. The van der Waals surface area contributed by atoms with Crippen LogP contribution in [-0.2, 0) is 15.3 Å². The molecule has 0 amide bonds. The van der Waals surface area contributed by atoms with Gasteiger partial charge in [0.25, 0.3) is 5.59 Å². The minimum Gasteiger partial charge on any atom is -0.465 e. The van der Waals surface area contributed by atoms with Gasteiger partial charge in [0.15, 0.2) is 0 Å². The van der Waals surface area contributed by atoms with Gasteiger partial charge in [-0.15, -0.1) is 0 Å². The van der Waals surface area contributed by atoms with Gasteiger partial charge in [-0.1, -0.05) is 6.07 Å². The molecule has 4 N–H and O–H groups in total. The van der Waals surface area contributed by atoms with Gasteiger partial charge in [-0.05, 0) is 18.2 Å². The van der Waals surface area contributed by atoms with Gasteiger partial charge < -0.3 is 24.3 Å². The predicted molar refractivity (Wildman–Crippen MR) is 59.9 cm³/mol. The van der Waals surface area contributed by atoms with Crippen molar-refractivity contribution in [3.8, 4) is 5.75 Å². The minimum atomic E-state index is -5.39. The van der Waals surface area contributed by atoms with E-state index in [1.54, 1.807) is 0 Å². The van der Waals surface area contributed by atoms with Crippen molar-refractivity contribution in [2.24, 2.45) is 0 Å². The van der Waals surface area contributed by atoms with Crippen molar-refractivity contribution in [1.29, 1.82) is 0 Å². The minimum absolute atomic E-state index is 0.373. The second-order valence-corrected chi connectivity index (χ2v) is 7.35. The Hall–Kier alpha value is -0.890. The zero-order valence-corrected chi connectivity index (χ0v) is 11.2. The lowest BCUT2D eigenvalue weighted by molar-refractivity contribution is -0.137. The number of hydrogen-bond acceptors (Lipinski definition) is 3. The molecule has 1 aromatic rings. The standard InChI is InChI=1S/C8H9F3O7P2/c9-8(10,11)5-2-1-3-6(4-5)18-7(19(12,13)14)20(15,16)17/h1-4,7H,(H2,12,13,14)(H2,15,16,17). The summed E-state index contributed by atoms with van der Waals surface area (Å²) in [5, 5.41) is 0. The summed E-state index contributed by atoms with van der Waals surface area (Å²) in [6, 6.07) is 2.79. The lowest BCUT2D eigenvalue weighted by atomic mass is 10.2. The Morgan fingerprint density at radius 1 is 1.05 bits per heavy atom. The van der Waals surface area contributed by atoms with Crippen molar-refractivity contribution in [3.05, 3.63) is 29.8 Å². The van der Waals surface area contributed by atoms with Gasteiger partial charge in [0.05, 0.1) is 5.56 Å². The van der Waals surface area contributed by atoms with Crippen LogP contribution in [0.4, 0.5) is 13.2 Å². The molecule has 114 valence electrons. The van der Waals surface area contributed by atoms with Crippen molar-refractivity contribution >= 4 is 15.2 Å². The molecule has 7 nitrogen and oxygen atoms in total. The maximum absolute atomic E-state index is 12.4. The summed E-state index contributed by atoms with van der Waals surface area (Å²) in [7, 11) is -10.8. The Balaban J connectivity index is 3.14. The fourth-order valence-electron chi connectivity index (χ4n) is 1.20. The van der Waals surface area contributed by atoms with E-state index in [1.807, 2.05) is 0 Å². The zero-order chi connectivity index (χ0) is 15.8. The Labute approximate surface area is 110 Å². The molecule has 0 heterocycles. The first-order valence-electron chi connectivity index (χ1n) is 4.76. The van der Waals surface area contributed by atoms with E-state index in [9.17, 15) is 22.3 Å². The van der Waals surface area contributed by atoms with Gasteiger partial charge in [0.1, 0.15) is 5.75 Å². The van der Waals surface area contributed by atoms with Gasteiger partial charge in [0.2, 0.25) is 0 Å². The van der Waals surface area contributed by atoms with E-state index in [0.717, 1.165) is 12.1 Å². The smallest absolute Gasteiger partial charge is 0.416 e. The Morgan fingerprint density at radius 2 is 1.55 bits per heavy atom. The highest BCUT2D eigenvalue weighted by molar-refractivity contribution is 7.70. The maximum Gasteiger partial charge on any atom is 0.416 e. The molecule has 0 saturated carbocycles. The van der Waals surface area contributed by atoms with Crippen LogP contribution in [0.5, 0.6) is 5.75 Å². The molecule has 0 fully saturated rings. The molecule has 0 aliphatic carbocycles. The van der Waals surface area contributed by atoms with Crippen LogP contribution in [0.1, 0.15) is 5.56 Å². The maximum atomic E-state index is 12.4. The van der Waals surface area contributed by atoms with Crippen molar-refractivity contribution in [1.82, 2.24) is 0 Å². The monoisotopic (exact) mass is 336 g/mol. The van der Waals surface area contributed by atoms with E-state index in [1.165, 1.54) is 0 Å². The normalized spacial score (nSPS) is 13.6. The average molecular weight is 336 g/mol. The van der Waals surface area contributed by atoms with Crippen LogP contribution in [0.15, 0.2) is 24.3 Å². The number of rotatable bonds is 4. The third-order valence-electron chi connectivity index (χ3n) is 1.98. The highest BCUT2D eigenvalue weighted by Gasteiger charge is 2.46.